The Balaban J connectivity index is 2.47. The molecule has 110 valence electrons. The van der Waals surface area contributed by atoms with Crippen molar-refractivity contribution in [3.63, 3.8) is 0 Å². The van der Waals surface area contributed by atoms with E-state index < -0.39 is 23.1 Å². The van der Waals surface area contributed by atoms with Crippen molar-refractivity contribution in [1.82, 2.24) is 9.97 Å². The molecule has 0 amide bonds. The number of hydrogen-bond donors (Lipinski definition) is 4. The molecule has 0 aliphatic heterocycles. The van der Waals surface area contributed by atoms with Gasteiger partial charge >= 0.3 is 11.7 Å². The summed E-state index contributed by atoms with van der Waals surface area (Å²) in [7, 11) is 1.22. The first kappa shape index (κ1) is 14.4. The fraction of sp³-hybridized carbons (Fsp3) is 0.154. The quantitative estimate of drug-likeness (QED) is 0.582. The number of carbonyl (C=O) groups excluding carboxylic acids is 1. The average Bonchev–Trinajstić information content (AvgIpc) is 2.43. The SMILES string of the molecule is COC(=O)c1ccc(O)c(Cc2c(O)[nH]c(=O)[nH]c2=O)c1. The second-order valence-corrected chi connectivity index (χ2v) is 4.25. The number of aromatic nitrogens is 2. The number of phenols is 1. The molecule has 0 radical (unpaired) electrons. The molecule has 0 unspecified atom stereocenters. The Kier molecular flexibility index (Phi) is 3.79. The maximum atomic E-state index is 11.6. The molecule has 21 heavy (non-hydrogen) atoms. The molecule has 1 heterocycles. The number of aromatic hydroxyl groups is 2. The van der Waals surface area contributed by atoms with E-state index >= 15 is 0 Å². The van der Waals surface area contributed by atoms with Gasteiger partial charge in [0.15, 0.2) is 0 Å². The number of rotatable bonds is 3. The number of H-pyrrole nitrogens is 2. The first-order valence-electron chi connectivity index (χ1n) is 5.87. The van der Waals surface area contributed by atoms with E-state index in [9.17, 15) is 24.6 Å². The van der Waals surface area contributed by atoms with Crippen molar-refractivity contribution in [2.75, 3.05) is 7.11 Å². The van der Waals surface area contributed by atoms with Gasteiger partial charge in [0, 0.05) is 6.42 Å². The molecule has 0 saturated carbocycles. The maximum Gasteiger partial charge on any atom is 0.337 e. The van der Waals surface area contributed by atoms with E-state index in [0.29, 0.717) is 0 Å². The Hall–Kier alpha value is -3.03. The Morgan fingerprint density at radius 3 is 2.57 bits per heavy atom. The molecule has 0 atom stereocenters. The molecule has 0 spiro atoms. The van der Waals surface area contributed by atoms with Crippen molar-refractivity contribution in [1.29, 1.82) is 0 Å². The van der Waals surface area contributed by atoms with Crippen LogP contribution in [0.3, 0.4) is 0 Å². The van der Waals surface area contributed by atoms with Gasteiger partial charge in [-0.25, -0.2) is 9.59 Å². The summed E-state index contributed by atoms with van der Waals surface area (Å²) in [5.74, 6) is -1.35. The van der Waals surface area contributed by atoms with Gasteiger partial charge in [-0.05, 0) is 23.8 Å². The Morgan fingerprint density at radius 2 is 1.95 bits per heavy atom. The smallest absolute Gasteiger partial charge is 0.337 e. The third-order valence-corrected chi connectivity index (χ3v) is 2.89. The highest BCUT2D eigenvalue weighted by Gasteiger charge is 2.14. The van der Waals surface area contributed by atoms with Crippen LogP contribution in [-0.2, 0) is 11.2 Å². The summed E-state index contributed by atoms with van der Waals surface area (Å²) in [5, 5.41) is 19.4. The Morgan fingerprint density at radius 1 is 1.24 bits per heavy atom. The number of phenolic OH excluding ortho intramolecular Hbond substituents is 1. The summed E-state index contributed by atoms with van der Waals surface area (Å²) < 4.78 is 4.56. The van der Waals surface area contributed by atoms with Crippen LogP contribution in [0.4, 0.5) is 0 Å². The predicted molar refractivity (Wildman–Crippen MR) is 71.6 cm³/mol. The molecular weight excluding hydrogens is 280 g/mol. The summed E-state index contributed by atoms with van der Waals surface area (Å²) in [4.78, 5) is 38.1. The van der Waals surface area contributed by atoms with Crippen molar-refractivity contribution in [2.24, 2.45) is 0 Å². The Labute approximate surface area is 117 Å². The molecule has 2 rings (SSSR count). The predicted octanol–water partition coefficient (Wildman–Crippen LogP) is -0.148. The number of benzene rings is 1. The zero-order valence-corrected chi connectivity index (χ0v) is 11.0. The number of carbonyl (C=O) groups is 1. The Bertz CT molecular complexity index is 805. The van der Waals surface area contributed by atoms with E-state index in [1.807, 2.05) is 9.97 Å². The summed E-state index contributed by atoms with van der Waals surface area (Å²) >= 11 is 0. The van der Waals surface area contributed by atoms with Crippen molar-refractivity contribution in [3.05, 3.63) is 55.7 Å². The molecule has 1 aromatic carbocycles. The molecular formula is C13H12N2O6. The molecule has 2 aromatic rings. The monoisotopic (exact) mass is 292 g/mol. The molecule has 8 nitrogen and oxygen atoms in total. The highest BCUT2D eigenvalue weighted by atomic mass is 16.5. The molecule has 1 aromatic heterocycles. The van der Waals surface area contributed by atoms with E-state index in [0.717, 1.165) is 0 Å². The third-order valence-electron chi connectivity index (χ3n) is 2.89. The van der Waals surface area contributed by atoms with Crippen molar-refractivity contribution < 1.29 is 19.7 Å². The first-order chi connectivity index (χ1) is 9.92. The number of esters is 1. The highest BCUT2D eigenvalue weighted by Crippen LogP contribution is 2.23. The molecule has 0 fully saturated rings. The lowest BCUT2D eigenvalue weighted by Crippen LogP contribution is -2.25. The minimum atomic E-state index is -0.839. The standard InChI is InChI=1S/C13H12N2O6/c1-21-12(19)6-2-3-9(16)7(4-6)5-8-10(17)14-13(20)15-11(8)18/h2-4,16H,5H2,1H3,(H3,14,15,17,18,20). The average molecular weight is 292 g/mol. The second kappa shape index (κ2) is 5.53. The minimum Gasteiger partial charge on any atom is -0.508 e. The van der Waals surface area contributed by atoms with E-state index in [-0.39, 0.29) is 28.9 Å². The summed E-state index contributed by atoms with van der Waals surface area (Å²) in [6.45, 7) is 0. The molecule has 4 N–H and O–H groups in total. The van der Waals surface area contributed by atoms with Crippen LogP contribution in [0.2, 0.25) is 0 Å². The number of ether oxygens (including phenoxy) is 1. The van der Waals surface area contributed by atoms with Gasteiger partial charge in [-0.2, -0.15) is 0 Å². The van der Waals surface area contributed by atoms with Crippen molar-refractivity contribution in [2.45, 2.75) is 6.42 Å². The fourth-order valence-corrected chi connectivity index (χ4v) is 1.83. The number of aromatic amines is 2. The van der Waals surface area contributed by atoms with Crippen LogP contribution in [-0.4, -0.2) is 33.3 Å². The largest absolute Gasteiger partial charge is 0.508 e. The van der Waals surface area contributed by atoms with Gasteiger partial charge < -0.3 is 14.9 Å². The van der Waals surface area contributed by atoms with Gasteiger partial charge in [-0.15, -0.1) is 0 Å². The van der Waals surface area contributed by atoms with Crippen LogP contribution in [0.5, 0.6) is 11.6 Å². The zero-order chi connectivity index (χ0) is 15.6. The van der Waals surface area contributed by atoms with Crippen LogP contribution in [0.25, 0.3) is 0 Å². The van der Waals surface area contributed by atoms with Crippen molar-refractivity contribution >= 4 is 5.97 Å². The van der Waals surface area contributed by atoms with E-state index in [2.05, 4.69) is 4.74 Å². The highest BCUT2D eigenvalue weighted by molar-refractivity contribution is 5.89. The lowest BCUT2D eigenvalue weighted by molar-refractivity contribution is 0.0600. The molecule has 0 bridgehead atoms. The number of methoxy groups -OCH3 is 1. The van der Waals surface area contributed by atoms with E-state index in [1.54, 1.807) is 0 Å². The van der Waals surface area contributed by atoms with Crippen LogP contribution in [0, 0.1) is 0 Å². The van der Waals surface area contributed by atoms with Gasteiger partial charge in [0.05, 0.1) is 18.2 Å². The van der Waals surface area contributed by atoms with Gasteiger partial charge in [-0.3, -0.25) is 14.8 Å². The zero-order valence-electron chi connectivity index (χ0n) is 11.0. The summed E-state index contributed by atoms with van der Waals surface area (Å²) in [6.07, 6.45) is -0.172. The van der Waals surface area contributed by atoms with Gasteiger partial charge in [-0.1, -0.05) is 0 Å². The topological polar surface area (TPSA) is 132 Å². The van der Waals surface area contributed by atoms with E-state index in [1.165, 1.54) is 25.3 Å². The molecule has 0 aliphatic rings. The minimum absolute atomic E-state index is 0.132. The number of hydrogen-bond acceptors (Lipinski definition) is 6. The fourth-order valence-electron chi connectivity index (χ4n) is 1.83. The van der Waals surface area contributed by atoms with Crippen molar-refractivity contribution in [3.8, 4) is 11.6 Å². The third kappa shape index (κ3) is 2.94. The van der Waals surface area contributed by atoms with Gasteiger partial charge in [0.2, 0.25) is 5.88 Å². The lowest BCUT2D eigenvalue weighted by atomic mass is 10.0. The maximum absolute atomic E-state index is 11.6. The van der Waals surface area contributed by atoms with Crippen LogP contribution in [0.1, 0.15) is 21.5 Å². The first-order valence-corrected chi connectivity index (χ1v) is 5.87. The molecule has 0 aliphatic carbocycles. The normalized spacial score (nSPS) is 10.3. The summed E-state index contributed by atoms with van der Waals surface area (Å²) in [5.41, 5.74) is -1.34. The van der Waals surface area contributed by atoms with Crippen LogP contribution >= 0.6 is 0 Å². The lowest BCUT2D eigenvalue weighted by Gasteiger charge is -2.07. The molecule has 0 saturated heterocycles. The number of nitrogens with one attached hydrogen (secondary N) is 2. The van der Waals surface area contributed by atoms with Gasteiger partial charge in [0.1, 0.15) is 5.75 Å². The second-order valence-electron chi connectivity index (χ2n) is 4.25. The van der Waals surface area contributed by atoms with Gasteiger partial charge in [0.25, 0.3) is 5.56 Å². The van der Waals surface area contributed by atoms with Crippen LogP contribution < -0.4 is 11.2 Å². The van der Waals surface area contributed by atoms with Crippen LogP contribution in [0.15, 0.2) is 27.8 Å². The van der Waals surface area contributed by atoms with E-state index in [4.69, 9.17) is 0 Å². The summed E-state index contributed by atoms with van der Waals surface area (Å²) in [6, 6.07) is 3.98. The molecule has 8 heteroatoms.